The minimum absolute atomic E-state index is 0.200. The number of amides is 1. The van der Waals surface area contributed by atoms with Crippen LogP contribution in [0.4, 0.5) is 18.9 Å². The summed E-state index contributed by atoms with van der Waals surface area (Å²) < 4.78 is 42.4. The summed E-state index contributed by atoms with van der Waals surface area (Å²) in [7, 11) is 0. The summed E-state index contributed by atoms with van der Waals surface area (Å²) in [4.78, 5) is 15.6. The lowest BCUT2D eigenvalue weighted by Crippen LogP contribution is -2.20. The van der Waals surface area contributed by atoms with E-state index in [1.54, 1.807) is 12.1 Å². The molecule has 5 nitrogen and oxygen atoms in total. The van der Waals surface area contributed by atoms with Crippen LogP contribution in [-0.2, 0) is 17.6 Å². The first-order valence-corrected chi connectivity index (χ1v) is 6.54. The van der Waals surface area contributed by atoms with Crippen molar-refractivity contribution >= 4 is 11.6 Å². The molecule has 1 amide bonds. The van der Waals surface area contributed by atoms with Crippen LogP contribution in [0.1, 0.15) is 11.3 Å². The van der Waals surface area contributed by atoms with Crippen LogP contribution >= 0.6 is 0 Å². The molecule has 0 saturated heterocycles. The van der Waals surface area contributed by atoms with E-state index in [1.165, 1.54) is 18.3 Å². The van der Waals surface area contributed by atoms with Crippen LogP contribution < -0.4 is 10.1 Å². The molecule has 2 rings (SSSR count). The topological polar surface area (TPSA) is 71.5 Å². The second-order valence-electron chi connectivity index (χ2n) is 4.56. The Hall–Kier alpha value is -2.61. The van der Waals surface area contributed by atoms with Gasteiger partial charge in [0.05, 0.1) is 24.1 Å². The van der Waals surface area contributed by atoms with Crippen molar-refractivity contribution in [3.05, 3.63) is 53.9 Å². The van der Waals surface area contributed by atoms with Crippen molar-refractivity contribution in [1.82, 2.24) is 4.98 Å². The highest BCUT2D eigenvalue weighted by Gasteiger charge is 2.29. The predicted molar refractivity (Wildman–Crippen MR) is 75.7 cm³/mol. The fourth-order valence-electron chi connectivity index (χ4n) is 1.68. The number of nitrogens with zero attached hydrogens (tertiary/aromatic N) is 1. The number of aliphatic hydroxyl groups excluding tert-OH is 1. The predicted octanol–water partition coefficient (Wildman–Crippen LogP) is 2.61. The van der Waals surface area contributed by atoms with Gasteiger partial charge in [-0.25, -0.2) is 0 Å². The van der Waals surface area contributed by atoms with Gasteiger partial charge in [-0.1, -0.05) is 0 Å². The van der Waals surface area contributed by atoms with Crippen LogP contribution in [0.15, 0.2) is 42.6 Å². The maximum atomic E-state index is 12.4. The summed E-state index contributed by atoms with van der Waals surface area (Å²) in [5.41, 5.74) is -0.0892. The fraction of sp³-hybridized carbons (Fsp3) is 0.200. The highest BCUT2D eigenvalue weighted by atomic mass is 19.4. The molecular formula is C15H13F3N2O3. The van der Waals surface area contributed by atoms with Crippen molar-refractivity contribution in [3.63, 3.8) is 0 Å². The fourth-order valence-corrected chi connectivity index (χ4v) is 1.68. The number of hydrogen-bond donors (Lipinski definition) is 2. The third-order valence-electron chi connectivity index (χ3n) is 2.83. The molecule has 2 aromatic rings. The minimum atomic E-state index is -4.42. The number of ether oxygens (including phenoxy) is 1. The molecule has 1 heterocycles. The summed E-state index contributed by atoms with van der Waals surface area (Å²) in [6.45, 7) is -0.518. The van der Waals surface area contributed by atoms with Gasteiger partial charge >= 0.3 is 6.18 Å². The molecule has 1 aromatic heterocycles. The number of aromatic nitrogens is 1. The van der Waals surface area contributed by atoms with E-state index in [0.717, 1.165) is 12.1 Å². The first-order valence-electron chi connectivity index (χ1n) is 6.54. The Morgan fingerprint density at radius 1 is 1.17 bits per heavy atom. The van der Waals surface area contributed by atoms with E-state index in [0.29, 0.717) is 11.4 Å². The molecule has 0 aliphatic carbocycles. The van der Waals surface area contributed by atoms with E-state index in [2.05, 4.69) is 10.3 Å². The number of nitrogens with one attached hydrogen (secondary N) is 1. The second-order valence-corrected chi connectivity index (χ2v) is 4.56. The van der Waals surface area contributed by atoms with Crippen molar-refractivity contribution < 1.29 is 27.8 Å². The molecule has 0 atom stereocenters. The molecular weight excluding hydrogens is 313 g/mol. The Bertz CT molecular complexity index is 655. The van der Waals surface area contributed by atoms with E-state index in [1.807, 2.05) is 0 Å². The lowest BCUT2D eigenvalue weighted by Gasteiger charge is -2.09. The number of rotatable bonds is 5. The number of alkyl halides is 3. The average molecular weight is 326 g/mol. The minimum Gasteiger partial charge on any atom is -0.482 e. The number of benzene rings is 1. The van der Waals surface area contributed by atoms with Gasteiger partial charge in [0.25, 0.3) is 5.91 Å². The van der Waals surface area contributed by atoms with E-state index >= 15 is 0 Å². The highest BCUT2D eigenvalue weighted by molar-refractivity contribution is 5.91. The van der Waals surface area contributed by atoms with Gasteiger partial charge < -0.3 is 15.2 Å². The lowest BCUT2D eigenvalue weighted by molar-refractivity contribution is -0.137. The van der Waals surface area contributed by atoms with Crippen molar-refractivity contribution in [2.45, 2.75) is 12.8 Å². The number of anilines is 1. The molecule has 0 aliphatic heterocycles. The van der Waals surface area contributed by atoms with Gasteiger partial charge in [0.15, 0.2) is 6.61 Å². The maximum absolute atomic E-state index is 12.4. The Labute approximate surface area is 129 Å². The van der Waals surface area contributed by atoms with Crippen LogP contribution in [0, 0.1) is 0 Å². The normalized spacial score (nSPS) is 11.1. The van der Waals surface area contributed by atoms with Gasteiger partial charge in [-0.3, -0.25) is 9.78 Å². The van der Waals surface area contributed by atoms with Crippen LogP contribution in [0.2, 0.25) is 0 Å². The maximum Gasteiger partial charge on any atom is 0.416 e. The monoisotopic (exact) mass is 326 g/mol. The summed E-state index contributed by atoms with van der Waals surface area (Å²) in [6, 6.07) is 7.19. The Morgan fingerprint density at radius 3 is 2.39 bits per heavy atom. The molecule has 0 radical (unpaired) electrons. The van der Waals surface area contributed by atoms with Crippen molar-refractivity contribution in [2.24, 2.45) is 0 Å². The van der Waals surface area contributed by atoms with E-state index in [-0.39, 0.29) is 18.9 Å². The molecule has 0 fully saturated rings. The zero-order valence-electron chi connectivity index (χ0n) is 11.8. The third kappa shape index (κ3) is 4.96. The van der Waals surface area contributed by atoms with E-state index in [4.69, 9.17) is 9.84 Å². The van der Waals surface area contributed by atoms with Crippen molar-refractivity contribution in [2.75, 3.05) is 11.9 Å². The summed E-state index contributed by atoms with van der Waals surface area (Å²) >= 11 is 0. The van der Waals surface area contributed by atoms with Gasteiger partial charge in [0.1, 0.15) is 5.75 Å². The SMILES string of the molecule is O=C(COc1ccc(CO)nc1)Nc1ccc(C(F)(F)F)cc1. The first kappa shape index (κ1) is 16.8. The Kier molecular flexibility index (Phi) is 5.17. The molecule has 2 N–H and O–H groups in total. The molecule has 0 spiro atoms. The zero-order chi connectivity index (χ0) is 16.9. The summed E-state index contributed by atoms with van der Waals surface area (Å²) in [6.07, 6.45) is -3.06. The smallest absolute Gasteiger partial charge is 0.416 e. The number of halogens is 3. The van der Waals surface area contributed by atoms with Gasteiger partial charge in [-0.05, 0) is 36.4 Å². The van der Waals surface area contributed by atoms with Crippen LogP contribution in [-0.4, -0.2) is 22.6 Å². The zero-order valence-corrected chi connectivity index (χ0v) is 11.8. The van der Waals surface area contributed by atoms with Gasteiger partial charge in [-0.15, -0.1) is 0 Å². The number of carbonyl (C=O) groups excluding carboxylic acids is 1. The van der Waals surface area contributed by atoms with Gasteiger partial charge in [0, 0.05) is 5.69 Å². The number of carbonyl (C=O) groups is 1. The second kappa shape index (κ2) is 7.10. The van der Waals surface area contributed by atoms with Crippen molar-refractivity contribution in [1.29, 1.82) is 0 Å². The van der Waals surface area contributed by atoms with Crippen LogP contribution in [0.25, 0.3) is 0 Å². The standard InChI is InChI=1S/C15H13F3N2O3/c16-15(17,18)10-1-3-11(4-2-10)20-14(22)9-23-13-6-5-12(8-21)19-7-13/h1-7,21H,8-9H2,(H,20,22). The molecule has 0 aliphatic rings. The Morgan fingerprint density at radius 2 is 1.87 bits per heavy atom. The molecule has 0 saturated carbocycles. The van der Waals surface area contributed by atoms with Crippen molar-refractivity contribution in [3.8, 4) is 5.75 Å². The first-order chi connectivity index (χ1) is 10.9. The molecule has 23 heavy (non-hydrogen) atoms. The van der Waals surface area contributed by atoms with Gasteiger partial charge in [-0.2, -0.15) is 13.2 Å². The van der Waals surface area contributed by atoms with Crippen LogP contribution in [0.5, 0.6) is 5.75 Å². The Balaban J connectivity index is 1.86. The lowest BCUT2D eigenvalue weighted by atomic mass is 10.2. The molecule has 122 valence electrons. The summed E-state index contributed by atoms with van der Waals surface area (Å²) in [5, 5.41) is 11.3. The van der Waals surface area contributed by atoms with E-state index in [9.17, 15) is 18.0 Å². The largest absolute Gasteiger partial charge is 0.482 e. The molecule has 8 heteroatoms. The number of hydrogen-bond acceptors (Lipinski definition) is 4. The third-order valence-corrected chi connectivity index (χ3v) is 2.83. The quantitative estimate of drug-likeness (QED) is 0.886. The summed E-state index contributed by atoms with van der Waals surface area (Å²) in [5.74, 6) is -0.180. The highest BCUT2D eigenvalue weighted by Crippen LogP contribution is 2.29. The van der Waals surface area contributed by atoms with E-state index < -0.39 is 17.6 Å². The molecule has 0 unspecified atom stereocenters. The molecule has 0 bridgehead atoms. The van der Waals surface area contributed by atoms with Crippen LogP contribution in [0.3, 0.4) is 0 Å². The van der Waals surface area contributed by atoms with Gasteiger partial charge in [0.2, 0.25) is 0 Å². The number of aliphatic hydroxyl groups is 1. The molecule has 1 aromatic carbocycles. The number of pyridine rings is 1. The average Bonchev–Trinajstić information content (AvgIpc) is 2.53.